The van der Waals surface area contributed by atoms with Gasteiger partial charge in [0.2, 0.25) is 5.91 Å². The number of ether oxygens (including phenoxy) is 1. The van der Waals surface area contributed by atoms with E-state index in [-0.39, 0.29) is 24.9 Å². The topological polar surface area (TPSA) is 95.9 Å². The van der Waals surface area contributed by atoms with Crippen LogP contribution in [0.4, 0.5) is 0 Å². The van der Waals surface area contributed by atoms with Crippen LogP contribution in [-0.2, 0) is 14.3 Å². The summed E-state index contributed by atoms with van der Waals surface area (Å²) in [4.78, 5) is 25.8. The Bertz CT molecular complexity index is 880. The van der Waals surface area contributed by atoms with Crippen LogP contribution < -0.4 is 5.32 Å². The van der Waals surface area contributed by atoms with E-state index in [4.69, 9.17) is 4.74 Å². The predicted octanol–water partition coefficient (Wildman–Crippen LogP) is 11.6. The van der Waals surface area contributed by atoms with Crippen molar-refractivity contribution in [1.82, 2.24) is 5.32 Å². The van der Waals surface area contributed by atoms with Gasteiger partial charge in [0.25, 0.3) is 0 Å². The van der Waals surface area contributed by atoms with Crippen molar-refractivity contribution >= 4 is 11.9 Å². The minimum Gasteiger partial charge on any atom is -0.462 e. The normalized spacial score (nSPS) is 13.9. The van der Waals surface area contributed by atoms with Crippen LogP contribution in [0.1, 0.15) is 194 Å². The fourth-order valence-electron chi connectivity index (χ4n) is 5.97. The first-order valence-corrected chi connectivity index (χ1v) is 20.9. The Morgan fingerprint density at radius 3 is 1.76 bits per heavy atom. The van der Waals surface area contributed by atoms with Crippen molar-refractivity contribution in [3.05, 3.63) is 48.6 Å². The Morgan fingerprint density at radius 1 is 0.600 bits per heavy atom. The van der Waals surface area contributed by atoms with Gasteiger partial charge < -0.3 is 20.3 Å². The van der Waals surface area contributed by atoms with Crippen LogP contribution in [0.25, 0.3) is 0 Å². The van der Waals surface area contributed by atoms with E-state index in [2.05, 4.69) is 74.7 Å². The second-order valence-electron chi connectivity index (χ2n) is 14.0. The summed E-state index contributed by atoms with van der Waals surface area (Å²) < 4.78 is 5.84. The third-order valence-electron chi connectivity index (χ3n) is 9.12. The smallest absolute Gasteiger partial charge is 0.306 e. The molecule has 0 spiro atoms. The maximum absolute atomic E-state index is 13.0. The highest BCUT2D eigenvalue weighted by atomic mass is 16.5. The first-order valence-electron chi connectivity index (χ1n) is 20.9. The van der Waals surface area contributed by atoms with E-state index in [0.29, 0.717) is 19.3 Å². The number of allylic oxidation sites excluding steroid dienone is 8. The van der Waals surface area contributed by atoms with Gasteiger partial charge in [-0.3, -0.25) is 9.59 Å². The summed E-state index contributed by atoms with van der Waals surface area (Å²) in [5, 5.41) is 23.5. The van der Waals surface area contributed by atoms with E-state index in [0.717, 1.165) is 109 Å². The number of amides is 1. The average molecular weight is 702 g/mol. The van der Waals surface area contributed by atoms with Crippen LogP contribution in [0, 0.1) is 0 Å². The molecule has 290 valence electrons. The summed E-state index contributed by atoms with van der Waals surface area (Å²) in [5.74, 6) is -0.526. The van der Waals surface area contributed by atoms with E-state index in [1.165, 1.54) is 38.5 Å². The highest BCUT2D eigenvalue weighted by molar-refractivity contribution is 5.77. The lowest BCUT2D eigenvalue weighted by Crippen LogP contribution is -2.46. The van der Waals surface area contributed by atoms with Crippen molar-refractivity contribution < 1.29 is 24.5 Å². The maximum atomic E-state index is 13.0. The molecule has 1 amide bonds. The zero-order valence-corrected chi connectivity index (χ0v) is 32.8. The van der Waals surface area contributed by atoms with Crippen LogP contribution in [0.2, 0.25) is 0 Å². The minimum atomic E-state index is -0.791. The molecule has 0 radical (unpaired) electrons. The Kier molecular flexibility index (Phi) is 36.4. The van der Waals surface area contributed by atoms with Crippen molar-refractivity contribution in [3.63, 3.8) is 0 Å². The minimum absolute atomic E-state index is 0.0559. The highest BCUT2D eigenvalue weighted by Gasteiger charge is 2.24. The van der Waals surface area contributed by atoms with E-state index >= 15 is 0 Å². The molecule has 3 N–H and O–H groups in total. The molecule has 0 aromatic heterocycles. The number of hydrogen-bond acceptors (Lipinski definition) is 5. The first kappa shape index (κ1) is 47.8. The van der Waals surface area contributed by atoms with Crippen LogP contribution in [0.3, 0.4) is 0 Å². The number of hydrogen-bond donors (Lipinski definition) is 3. The van der Waals surface area contributed by atoms with Crippen LogP contribution in [-0.4, -0.2) is 46.9 Å². The number of carbonyl (C=O) groups is 2. The first-order chi connectivity index (χ1) is 24.5. The van der Waals surface area contributed by atoms with E-state index in [1.807, 2.05) is 0 Å². The molecule has 0 aromatic rings. The molecule has 0 aromatic carbocycles. The van der Waals surface area contributed by atoms with Crippen LogP contribution in [0.5, 0.6) is 0 Å². The van der Waals surface area contributed by atoms with Crippen molar-refractivity contribution in [3.8, 4) is 0 Å². The van der Waals surface area contributed by atoms with Gasteiger partial charge in [0.1, 0.15) is 6.10 Å². The lowest BCUT2D eigenvalue weighted by Gasteiger charge is -2.24. The Labute approximate surface area is 308 Å². The van der Waals surface area contributed by atoms with Crippen molar-refractivity contribution in [2.45, 2.75) is 212 Å². The molecule has 0 aliphatic carbocycles. The molecule has 0 aliphatic rings. The quantitative estimate of drug-likeness (QED) is 0.0343. The molecule has 0 heterocycles. The van der Waals surface area contributed by atoms with Gasteiger partial charge in [-0.25, -0.2) is 0 Å². The van der Waals surface area contributed by atoms with E-state index in [9.17, 15) is 19.8 Å². The lowest BCUT2D eigenvalue weighted by atomic mass is 10.0. The predicted molar refractivity (Wildman–Crippen MR) is 213 cm³/mol. The second kappa shape index (κ2) is 38.1. The fourth-order valence-corrected chi connectivity index (χ4v) is 5.97. The van der Waals surface area contributed by atoms with Gasteiger partial charge >= 0.3 is 5.97 Å². The lowest BCUT2D eigenvalue weighted by molar-refractivity contribution is -0.151. The summed E-state index contributed by atoms with van der Waals surface area (Å²) in [6, 6.07) is -0.706. The molecular formula is C44H79NO5. The molecule has 6 heteroatoms. The monoisotopic (exact) mass is 702 g/mol. The molecule has 3 unspecified atom stereocenters. The molecule has 0 saturated carbocycles. The van der Waals surface area contributed by atoms with E-state index in [1.54, 1.807) is 0 Å². The van der Waals surface area contributed by atoms with Gasteiger partial charge in [0.05, 0.1) is 25.2 Å². The zero-order chi connectivity index (χ0) is 36.8. The van der Waals surface area contributed by atoms with Crippen molar-refractivity contribution in [1.29, 1.82) is 0 Å². The summed E-state index contributed by atoms with van der Waals surface area (Å²) in [7, 11) is 0. The molecule has 0 saturated heterocycles. The Balaban J connectivity index is 4.58. The number of esters is 1. The Morgan fingerprint density at radius 2 is 1.12 bits per heavy atom. The van der Waals surface area contributed by atoms with E-state index < -0.39 is 18.2 Å². The number of nitrogens with one attached hydrogen (secondary N) is 1. The van der Waals surface area contributed by atoms with Crippen molar-refractivity contribution in [2.24, 2.45) is 0 Å². The molecule has 50 heavy (non-hydrogen) atoms. The summed E-state index contributed by atoms with van der Waals surface area (Å²) in [5.41, 5.74) is 0. The van der Waals surface area contributed by atoms with Gasteiger partial charge in [-0.05, 0) is 77.0 Å². The molecule has 0 fully saturated rings. The number of carbonyl (C=O) groups excluding carboxylic acids is 2. The third kappa shape index (κ3) is 33.0. The second-order valence-corrected chi connectivity index (χ2v) is 14.0. The third-order valence-corrected chi connectivity index (χ3v) is 9.12. The van der Waals surface area contributed by atoms with Crippen LogP contribution >= 0.6 is 0 Å². The fraction of sp³-hybridized carbons (Fsp3) is 0.773. The Hall–Kier alpha value is -2.18. The average Bonchev–Trinajstić information content (AvgIpc) is 3.10. The number of unbranched alkanes of at least 4 members (excludes halogenated alkanes) is 16. The molecule has 3 atom stereocenters. The summed E-state index contributed by atoms with van der Waals surface area (Å²) in [6.45, 7) is 6.24. The SMILES string of the molecule is CC/C=C/C/C=C/C/C=C/CCCCCCC(=O)OC(CCCCC/C=C\CCC)CC(=O)NC(CO)C(O)CCCCCCCCCCC. The highest BCUT2D eigenvalue weighted by Crippen LogP contribution is 2.16. The zero-order valence-electron chi connectivity index (χ0n) is 32.8. The van der Waals surface area contributed by atoms with Crippen molar-refractivity contribution in [2.75, 3.05) is 6.61 Å². The number of rotatable bonds is 36. The van der Waals surface area contributed by atoms with Gasteiger partial charge in [-0.1, -0.05) is 153 Å². The van der Waals surface area contributed by atoms with Gasteiger partial charge in [-0.15, -0.1) is 0 Å². The van der Waals surface area contributed by atoms with Gasteiger partial charge in [0, 0.05) is 6.42 Å². The molecule has 6 nitrogen and oxygen atoms in total. The maximum Gasteiger partial charge on any atom is 0.306 e. The molecular weight excluding hydrogens is 622 g/mol. The summed E-state index contributed by atoms with van der Waals surface area (Å²) in [6.07, 6.45) is 43.2. The molecule has 0 aliphatic heterocycles. The standard InChI is InChI=1S/C44H79NO5/c1-4-7-10-13-16-19-20-21-22-23-25-28-31-34-37-44(49)50-40(35-32-29-26-18-15-12-9-6-3)38-43(48)45-41(39-46)42(47)36-33-30-27-24-17-14-11-8-5-2/h7,10,12,15-16,19,21-22,40-42,46-47H,4-6,8-9,11,13-14,17-18,20,23-39H2,1-3H3,(H,45,48)/b10-7+,15-12-,19-16+,22-21+. The summed E-state index contributed by atoms with van der Waals surface area (Å²) >= 11 is 0. The van der Waals surface area contributed by atoms with Gasteiger partial charge in [0.15, 0.2) is 0 Å². The number of aliphatic hydroxyl groups excluding tert-OH is 2. The van der Waals surface area contributed by atoms with Gasteiger partial charge in [-0.2, -0.15) is 0 Å². The number of aliphatic hydroxyl groups is 2. The molecule has 0 rings (SSSR count). The van der Waals surface area contributed by atoms with Crippen LogP contribution in [0.15, 0.2) is 48.6 Å². The molecule has 0 bridgehead atoms. The largest absolute Gasteiger partial charge is 0.462 e.